The monoisotopic (exact) mass is 267 g/mol. The molecule has 0 aliphatic heterocycles. The molecule has 98 valence electrons. The molecule has 1 amide bonds. The predicted octanol–water partition coefficient (Wildman–Crippen LogP) is 1.97. The second-order valence-corrected chi connectivity index (χ2v) is 6.20. The molecule has 1 aromatic rings. The van der Waals surface area contributed by atoms with E-state index in [1.807, 2.05) is 19.1 Å². The van der Waals surface area contributed by atoms with Gasteiger partial charge in [-0.15, -0.1) is 11.3 Å². The minimum atomic E-state index is -0.933. The van der Waals surface area contributed by atoms with Crippen molar-refractivity contribution in [3.8, 4) is 0 Å². The van der Waals surface area contributed by atoms with E-state index in [4.69, 9.17) is 5.11 Å². The summed E-state index contributed by atoms with van der Waals surface area (Å²) in [5.74, 6) is -0.655. The van der Waals surface area contributed by atoms with Gasteiger partial charge in [0.1, 0.15) is 6.04 Å². The Morgan fingerprint density at radius 2 is 2.22 bits per heavy atom. The van der Waals surface area contributed by atoms with Crippen molar-refractivity contribution in [2.45, 2.75) is 38.6 Å². The third kappa shape index (κ3) is 3.84. The summed E-state index contributed by atoms with van der Waals surface area (Å²) >= 11 is 1.57. The lowest BCUT2D eigenvalue weighted by atomic mass is 10.1. The largest absolute Gasteiger partial charge is 0.480 e. The summed E-state index contributed by atoms with van der Waals surface area (Å²) in [5, 5.41) is 11.7. The molecule has 0 saturated heterocycles. The van der Waals surface area contributed by atoms with Crippen LogP contribution in [0.3, 0.4) is 0 Å². The normalized spacial score (nSPS) is 16.3. The first-order valence-corrected chi connectivity index (χ1v) is 6.93. The molecule has 0 radical (unpaired) electrons. The van der Waals surface area contributed by atoms with Crippen LogP contribution in [0.15, 0.2) is 12.1 Å². The number of thiophene rings is 1. The molecule has 1 aliphatic carbocycles. The Labute approximate surface area is 110 Å². The van der Waals surface area contributed by atoms with E-state index < -0.39 is 12.0 Å². The first-order valence-electron chi connectivity index (χ1n) is 6.12. The number of carboxylic acids is 1. The Morgan fingerprint density at radius 1 is 1.50 bits per heavy atom. The molecular weight excluding hydrogens is 250 g/mol. The molecule has 1 aliphatic rings. The van der Waals surface area contributed by atoms with Crippen molar-refractivity contribution in [2.24, 2.45) is 5.92 Å². The Hall–Kier alpha value is -1.36. The Kier molecular flexibility index (Phi) is 4.01. The highest BCUT2D eigenvalue weighted by Gasteiger charge is 2.30. The van der Waals surface area contributed by atoms with E-state index >= 15 is 0 Å². The van der Waals surface area contributed by atoms with Crippen molar-refractivity contribution in [3.63, 3.8) is 0 Å². The van der Waals surface area contributed by atoms with Crippen LogP contribution in [0.1, 0.15) is 29.0 Å². The average molecular weight is 267 g/mol. The number of carboxylic acid groups (broad SMARTS) is 1. The molecule has 0 aromatic carbocycles. The number of aryl methyl sites for hydroxylation is 1. The maximum atomic E-state index is 11.8. The van der Waals surface area contributed by atoms with Crippen LogP contribution in [-0.4, -0.2) is 23.0 Å². The fourth-order valence-electron chi connectivity index (χ4n) is 1.89. The van der Waals surface area contributed by atoms with Gasteiger partial charge in [0.2, 0.25) is 5.91 Å². The maximum absolute atomic E-state index is 11.8. The Morgan fingerprint density at radius 3 is 2.72 bits per heavy atom. The number of aliphatic carboxylic acids is 1. The van der Waals surface area contributed by atoms with E-state index in [1.165, 1.54) is 0 Å². The van der Waals surface area contributed by atoms with Gasteiger partial charge in [0.05, 0.1) is 6.42 Å². The molecule has 0 spiro atoms. The van der Waals surface area contributed by atoms with E-state index in [-0.39, 0.29) is 12.3 Å². The molecule has 1 heterocycles. The minimum Gasteiger partial charge on any atom is -0.480 e. The number of amides is 1. The average Bonchev–Trinajstić information content (AvgIpc) is 3.01. The van der Waals surface area contributed by atoms with Crippen molar-refractivity contribution >= 4 is 23.2 Å². The van der Waals surface area contributed by atoms with E-state index in [2.05, 4.69) is 5.32 Å². The Balaban J connectivity index is 1.85. The van der Waals surface area contributed by atoms with Crippen molar-refractivity contribution < 1.29 is 14.7 Å². The SMILES string of the molecule is Cc1ccc(CC(=O)N[C@@H](CC2CC2)C(=O)O)s1. The zero-order chi connectivity index (χ0) is 13.1. The van der Waals surface area contributed by atoms with Crippen LogP contribution >= 0.6 is 11.3 Å². The number of carbonyl (C=O) groups excluding carboxylic acids is 1. The van der Waals surface area contributed by atoms with Gasteiger partial charge in [0.25, 0.3) is 0 Å². The fraction of sp³-hybridized carbons (Fsp3) is 0.538. The Bertz CT molecular complexity index is 451. The van der Waals surface area contributed by atoms with Gasteiger partial charge in [-0.25, -0.2) is 4.79 Å². The quantitative estimate of drug-likeness (QED) is 0.828. The summed E-state index contributed by atoms with van der Waals surface area (Å²) in [6, 6.07) is 3.15. The zero-order valence-corrected chi connectivity index (χ0v) is 11.1. The van der Waals surface area contributed by atoms with Gasteiger partial charge >= 0.3 is 5.97 Å². The molecule has 2 rings (SSSR count). The molecule has 1 atom stereocenters. The molecule has 1 saturated carbocycles. The number of hydrogen-bond donors (Lipinski definition) is 2. The number of rotatable bonds is 6. The van der Waals surface area contributed by atoms with Crippen LogP contribution in [-0.2, 0) is 16.0 Å². The predicted molar refractivity (Wildman–Crippen MR) is 69.7 cm³/mol. The van der Waals surface area contributed by atoms with E-state index in [0.717, 1.165) is 22.6 Å². The van der Waals surface area contributed by atoms with Crippen molar-refractivity contribution in [3.05, 3.63) is 21.9 Å². The zero-order valence-electron chi connectivity index (χ0n) is 10.3. The van der Waals surface area contributed by atoms with Gasteiger partial charge in [-0.1, -0.05) is 12.8 Å². The lowest BCUT2D eigenvalue weighted by Crippen LogP contribution is -2.41. The standard InChI is InChI=1S/C13H17NO3S/c1-8-2-5-10(18-8)7-12(15)14-11(13(16)17)6-9-3-4-9/h2,5,9,11H,3-4,6-7H2,1H3,(H,14,15)(H,16,17)/t11-/m0/s1. The summed E-state index contributed by atoms with van der Waals surface area (Å²) in [4.78, 5) is 24.9. The first kappa shape index (κ1) is 13.1. The highest BCUT2D eigenvalue weighted by atomic mass is 32.1. The van der Waals surface area contributed by atoms with Crippen LogP contribution in [0, 0.1) is 12.8 Å². The molecule has 1 fully saturated rings. The van der Waals surface area contributed by atoms with Gasteiger partial charge in [-0.2, -0.15) is 0 Å². The van der Waals surface area contributed by atoms with Crippen molar-refractivity contribution in [1.82, 2.24) is 5.32 Å². The smallest absolute Gasteiger partial charge is 0.326 e. The van der Waals surface area contributed by atoms with Crippen molar-refractivity contribution in [1.29, 1.82) is 0 Å². The van der Waals surface area contributed by atoms with Crippen LogP contribution in [0.25, 0.3) is 0 Å². The van der Waals surface area contributed by atoms with Crippen LogP contribution in [0.4, 0.5) is 0 Å². The molecular formula is C13H17NO3S. The lowest BCUT2D eigenvalue weighted by Gasteiger charge is -2.13. The van der Waals surface area contributed by atoms with E-state index in [1.54, 1.807) is 11.3 Å². The molecule has 0 unspecified atom stereocenters. The summed E-state index contributed by atoms with van der Waals surface area (Å²) < 4.78 is 0. The van der Waals surface area contributed by atoms with E-state index in [0.29, 0.717) is 12.3 Å². The van der Waals surface area contributed by atoms with E-state index in [9.17, 15) is 9.59 Å². The number of hydrogen-bond acceptors (Lipinski definition) is 3. The molecule has 0 bridgehead atoms. The van der Waals surface area contributed by atoms with Gasteiger partial charge in [-0.3, -0.25) is 4.79 Å². The summed E-state index contributed by atoms with van der Waals surface area (Å²) in [5.41, 5.74) is 0. The van der Waals surface area contributed by atoms with Crippen molar-refractivity contribution in [2.75, 3.05) is 0 Å². The summed E-state index contributed by atoms with van der Waals surface area (Å²) in [6.45, 7) is 1.99. The lowest BCUT2D eigenvalue weighted by molar-refractivity contribution is -0.142. The minimum absolute atomic E-state index is 0.204. The number of carbonyl (C=O) groups is 2. The second kappa shape index (κ2) is 5.52. The highest BCUT2D eigenvalue weighted by Crippen LogP contribution is 2.33. The second-order valence-electron chi connectivity index (χ2n) is 4.83. The topological polar surface area (TPSA) is 66.4 Å². The highest BCUT2D eigenvalue weighted by molar-refractivity contribution is 7.12. The summed E-state index contributed by atoms with van der Waals surface area (Å²) in [7, 11) is 0. The third-order valence-corrected chi connectivity index (χ3v) is 4.03. The molecule has 1 aromatic heterocycles. The fourth-order valence-corrected chi connectivity index (χ4v) is 2.78. The summed E-state index contributed by atoms with van der Waals surface area (Å²) in [6.07, 6.45) is 3.00. The van der Waals surface area contributed by atoms with Gasteiger partial charge < -0.3 is 10.4 Å². The number of nitrogens with one attached hydrogen (secondary N) is 1. The van der Waals surface area contributed by atoms with Crippen LogP contribution in [0.5, 0.6) is 0 Å². The third-order valence-electron chi connectivity index (χ3n) is 3.03. The first-order chi connectivity index (χ1) is 8.54. The van der Waals surface area contributed by atoms with Gasteiger partial charge in [-0.05, 0) is 31.4 Å². The maximum Gasteiger partial charge on any atom is 0.326 e. The van der Waals surface area contributed by atoms with Gasteiger partial charge in [0, 0.05) is 9.75 Å². The molecule has 18 heavy (non-hydrogen) atoms. The van der Waals surface area contributed by atoms with Gasteiger partial charge in [0.15, 0.2) is 0 Å². The molecule has 2 N–H and O–H groups in total. The van der Waals surface area contributed by atoms with Crippen LogP contribution in [0.2, 0.25) is 0 Å². The molecule has 5 heteroatoms. The van der Waals surface area contributed by atoms with Crippen LogP contribution < -0.4 is 5.32 Å². The molecule has 4 nitrogen and oxygen atoms in total.